The molecule has 108 valence electrons. The van der Waals surface area contributed by atoms with Crippen molar-refractivity contribution in [3.05, 3.63) is 29.8 Å². The normalized spacial score (nSPS) is 20.5. The van der Waals surface area contributed by atoms with E-state index in [9.17, 15) is 8.42 Å². The summed E-state index contributed by atoms with van der Waals surface area (Å²) in [6.07, 6.45) is 2.37. The van der Waals surface area contributed by atoms with Crippen molar-refractivity contribution in [2.45, 2.75) is 24.7 Å². The third-order valence-electron chi connectivity index (χ3n) is 3.74. The molecule has 1 heterocycles. The molecule has 0 aliphatic carbocycles. The highest BCUT2D eigenvalue weighted by molar-refractivity contribution is 7.91. The minimum absolute atomic E-state index is 0.120. The lowest BCUT2D eigenvalue weighted by Gasteiger charge is -2.30. The van der Waals surface area contributed by atoms with Crippen molar-refractivity contribution in [1.29, 1.82) is 5.26 Å². The topological polar surface area (TPSA) is 61.2 Å². The maximum Gasteiger partial charge on any atom is 0.179 e. The van der Waals surface area contributed by atoms with E-state index in [1.54, 1.807) is 18.2 Å². The van der Waals surface area contributed by atoms with Gasteiger partial charge in [-0.3, -0.25) is 0 Å². The van der Waals surface area contributed by atoms with E-state index in [0.717, 1.165) is 19.5 Å². The molecule has 1 aromatic carbocycles. The van der Waals surface area contributed by atoms with E-state index < -0.39 is 9.84 Å². The molecule has 0 N–H and O–H groups in total. The fourth-order valence-electron chi connectivity index (χ4n) is 2.62. The van der Waals surface area contributed by atoms with Crippen LogP contribution in [0.5, 0.6) is 0 Å². The number of nitriles is 1. The summed E-state index contributed by atoms with van der Waals surface area (Å²) >= 11 is 0. The van der Waals surface area contributed by atoms with Crippen LogP contribution in [0.4, 0.5) is 0 Å². The third kappa shape index (κ3) is 3.81. The summed E-state index contributed by atoms with van der Waals surface area (Å²) in [6, 6.07) is 8.23. The number of hydrogen-bond acceptors (Lipinski definition) is 4. The van der Waals surface area contributed by atoms with Crippen LogP contribution in [0.1, 0.15) is 25.3 Å². The Morgan fingerprint density at radius 1 is 1.45 bits per heavy atom. The maximum absolute atomic E-state index is 12.3. The zero-order valence-corrected chi connectivity index (χ0v) is 12.6. The molecule has 0 amide bonds. The van der Waals surface area contributed by atoms with Crippen LogP contribution in [0.15, 0.2) is 29.2 Å². The van der Waals surface area contributed by atoms with E-state index in [1.165, 1.54) is 12.5 Å². The lowest BCUT2D eigenvalue weighted by Crippen LogP contribution is -2.37. The zero-order chi connectivity index (χ0) is 14.6. The van der Waals surface area contributed by atoms with Gasteiger partial charge in [0.1, 0.15) is 0 Å². The standard InChI is InChI=1S/C15H20N2O2S/c1-13-4-3-7-17(12-13)8-9-20(18,19)15-6-2-5-14(10-15)11-16/h2,5-6,10,13H,3-4,7-9,12H2,1H3. The molecule has 0 aromatic heterocycles. The molecule has 1 aliphatic rings. The van der Waals surface area contributed by atoms with Gasteiger partial charge in [0.2, 0.25) is 0 Å². The highest BCUT2D eigenvalue weighted by atomic mass is 32.2. The number of rotatable bonds is 4. The molecule has 0 spiro atoms. The van der Waals surface area contributed by atoms with Gasteiger partial charge in [0.15, 0.2) is 9.84 Å². The van der Waals surface area contributed by atoms with Crippen molar-refractivity contribution in [3.8, 4) is 6.07 Å². The Bertz CT molecular complexity index is 605. The zero-order valence-electron chi connectivity index (χ0n) is 11.7. The molecule has 1 saturated heterocycles. The molecule has 0 radical (unpaired) electrons. The van der Waals surface area contributed by atoms with Gasteiger partial charge in [-0.15, -0.1) is 0 Å². The molecule has 20 heavy (non-hydrogen) atoms. The predicted octanol–water partition coefficient (Wildman–Crippen LogP) is 2.06. The van der Waals surface area contributed by atoms with E-state index in [0.29, 0.717) is 18.0 Å². The summed E-state index contributed by atoms with van der Waals surface area (Å²) in [5.41, 5.74) is 0.387. The summed E-state index contributed by atoms with van der Waals surface area (Å²) in [5, 5.41) is 8.84. The van der Waals surface area contributed by atoms with Gasteiger partial charge < -0.3 is 4.90 Å². The molecule has 0 bridgehead atoms. The van der Waals surface area contributed by atoms with Crippen molar-refractivity contribution < 1.29 is 8.42 Å². The fraction of sp³-hybridized carbons (Fsp3) is 0.533. The molecule has 1 unspecified atom stereocenters. The Hall–Kier alpha value is -1.38. The van der Waals surface area contributed by atoms with Crippen molar-refractivity contribution in [1.82, 2.24) is 4.90 Å². The van der Waals surface area contributed by atoms with Gasteiger partial charge in [-0.1, -0.05) is 13.0 Å². The first kappa shape index (κ1) is 15.0. The highest BCUT2D eigenvalue weighted by Gasteiger charge is 2.20. The van der Waals surface area contributed by atoms with Crippen LogP contribution in [-0.4, -0.2) is 38.7 Å². The maximum atomic E-state index is 12.3. The molecule has 0 saturated carbocycles. The molecule has 4 nitrogen and oxygen atoms in total. The molecule has 2 rings (SSSR count). The fourth-order valence-corrected chi connectivity index (χ4v) is 3.94. The first-order valence-electron chi connectivity index (χ1n) is 6.96. The number of likely N-dealkylation sites (tertiary alicyclic amines) is 1. The summed E-state index contributed by atoms with van der Waals surface area (Å²) in [6.45, 7) is 4.74. The van der Waals surface area contributed by atoms with E-state index in [4.69, 9.17) is 5.26 Å². The van der Waals surface area contributed by atoms with Crippen LogP contribution < -0.4 is 0 Å². The van der Waals surface area contributed by atoms with E-state index >= 15 is 0 Å². The molecule has 1 fully saturated rings. The number of hydrogen-bond donors (Lipinski definition) is 0. The molecule has 5 heteroatoms. The van der Waals surface area contributed by atoms with Crippen molar-refractivity contribution in [2.24, 2.45) is 5.92 Å². The third-order valence-corrected chi connectivity index (χ3v) is 5.43. The summed E-state index contributed by atoms with van der Waals surface area (Å²) < 4.78 is 24.6. The largest absolute Gasteiger partial charge is 0.302 e. The van der Waals surface area contributed by atoms with Crippen LogP contribution >= 0.6 is 0 Å². The molecule has 1 atom stereocenters. The van der Waals surface area contributed by atoms with Crippen LogP contribution in [0.3, 0.4) is 0 Å². The summed E-state index contributed by atoms with van der Waals surface area (Å²) in [4.78, 5) is 2.47. The first-order chi connectivity index (χ1) is 9.51. The summed E-state index contributed by atoms with van der Waals surface area (Å²) in [5.74, 6) is 0.766. The predicted molar refractivity (Wildman–Crippen MR) is 78.0 cm³/mol. The second-order valence-electron chi connectivity index (χ2n) is 5.51. The number of nitrogens with zero attached hydrogens (tertiary/aromatic N) is 2. The second kappa shape index (κ2) is 6.38. The quantitative estimate of drug-likeness (QED) is 0.852. The number of piperidine rings is 1. The van der Waals surface area contributed by atoms with Crippen molar-refractivity contribution in [3.63, 3.8) is 0 Å². The SMILES string of the molecule is CC1CCCN(CCS(=O)(=O)c2cccc(C#N)c2)C1. The molecule has 1 aromatic rings. The molecular weight excluding hydrogens is 272 g/mol. The minimum atomic E-state index is -3.30. The molecule has 1 aliphatic heterocycles. The van der Waals surface area contributed by atoms with Crippen LogP contribution in [-0.2, 0) is 9.84 Å². The van der Waals surface area contributed by atoms with E-state index in [-0.39, 0.29) is 10.6 Å². The van der Waals surface area contributed by atoms with Crippen LogP contribution in [0.25, 0.3) is 0 Å². The van der Waals surface area contributed by atoms with Crippen LogP contribution in [0.2, 0.25) is 0 Å². The smallest absolute Gasteiger partial charge is 0.179 e. The van der Waals surface area contributed by atoms with E-state index in [2.05, 4.69) is 11.8 Å². The number of sulfone groups is 1. The van der Waals surface area contributed by atoms with Gasteiger partial charge in [-0.25, -0.2) is 8.42 Å². The minimum Gasteiger partial charge on any atom is -0.302 e. The van der Waals surface area contributed by atoms with Gasteiger partial charge in [-0.2, -0.15) is 5.26 Å². The lowest BCUT2D eigenvalue weighted by atomic mass is 10.0. The Morgan fingerprint density at radius 3 is 2.95 bits per heavy atom. The Labute approximate surface area is 120 Å². The molecular formula is C15H20N2O2S. The first-order valence-corrected chi connectivity index (χ1v) is 8.62. The monoisotopic (exact) mass is 292 g/mol. The van der Waals surface area contributed by atoms with E-state index in [1.807, 2.05) is 6.07 Å². The average Bonchev–Trinajstić information content (AvgIpc) is 2.45. The highest BCUT2D eigenvalue weighted by Crippen LogP contribution is 2.17. The Kier molecular flexibility index (Phi) is 4.79. The van der Waals surface area contributed by atoms with Crippen LogP contribution in [0, 0.1) is 17.2 Å². The Balaban J connectivity index is 2.02. The van der Waals surface area contributed by atoms with Crippen molar-refractivity contribution in [2.75, 3.05) is 25.4 Å². The summed E-state index contributed by atoms with van der Waals surface area (Å²) in [7, 11) is -3.30. The van der Waals surface area contributed by atoms with Gasteiger partial charge in [0.05, 0.1) is 22.3 Å². The second-order valence-corrected chi connectivity index (χ2v) is 7.62. The lowest BCUT2D eigenvalue weighted by molar-refractivity contribution is 0.193. The van der Waals surface area contributed by atoms with Gasteiger partial charge in [0.25, 0.3) is 0 Å². The van der Waals surface area contributed by atoms with Crippen molar-refractivity contribution >= 4 is 9.84 Å². The average molecular weight is 292 g/mol. The Morgan fingerprint density at radius 2 is 2.25 bits per heavy atom. The van der Waals surface area contributed by atoms with Gasteiger partial charge in [0, 0.05) is 13.1 Å². The van der Waals surface area contributed by atoms with Gasteiger partial charge >= 0.3 is 0 Å². The number of benzene rings is 1. The van der Waals surface area contributed by atoms with Gasteiger partial charge in [-0.05, 0) is 43.5 Å².